The summed E-state index contributed by atoms with van der Waals surface area (Å²) in [5, 5.41) is 17.7. The molecule has 0 atom stereocenters. The first-order valence-corrected chi connectivity index (χ1v) is 5.90. The Kier molecular flexibility index (Phi) is 3.91. The summed E-state index contributed by atoms with van der Waals surface area (Å²) in [6, 6.07) is 3.67. The number of aliphatic carboxylic acids is 1. The highest BCUT2D eigenvalue weighted by Gasteiger charge is 2.31. The summed E-state index contributed by atoms with van der Waals surface area (Å²) in [5.41, 5.74) is -1.33. The maximum Gasteiger partial charge on any atom is 0.416 e. The molecular formula is C14H8F4N2O2. The van der Waals surface area contributed by atoms with E-state index >= 15 is 0 Å². The molecule has 2 rings (SSSR count). The van der Waals surface area contributed by atoms with Crippen LogP contribution in [0.3, 0.4) is 0 Å². The summed E-state index contributed by atoms with van der Waals surface area (Å²) in [7, 11) is 0. The second-order valence-electron chi connectivity index (χ2n) is 4.49. The quantitative estimate of drug-likeness (QED) is 0.885. The molecule has 0 saturated carbocycles. The van der Waals surface area contributed by atoms with Crippen LogP contribution in [0.15, 0.2) is 30.6 Å². The van der Waals surface area contributed by atoms with Gasteiger partial charge in [-0.1, -0.05) is 0 Å². The number of benzene rings is 1. The fourth-order valence-electron chi connectivity index (χ4n) is 1.98. The van der Waals surface area contributed by atoms with Crippen LogP contribution in [0.5, 0.6) is 0 Å². The summed E-state index contributed by atoms with van der Waals surface area (Å²) in [5.74, 6) is -2.28. The fourth-order valence-corrected chi connectivity index (χ4v) is 1.98. The third kappa shape index (κ3) is 3.25. The van der Waals surface area contributed by atoms with Crippen LogP contribution in [0.2, 0.25) is 0 Å². The van der Waals surface area contributed by atoms with Crippen molar-refractivity contribution >= 4 is 5.97 Å². The maximum atomic E-state index is 13.4. The van der Waals surface area contributed by atoms with Crippen molar-refractivity contribution in [3.05, 3.63) is 47.5 Å². The highest BCUT2D eigenvalue weighted by molar-refractivity contribution is 5.72. The van der Waals surface area contributed by atoms with Crippen LogP contribution in [0, 0.1) is 17.1 Å². The number of alkyl halides is 3. The second-order valence-corrected chi connectivity index (χ2v) is 4.49. The standard InChI is InChI=1S/C14H8F4N2O2/c15-11-2-8(1-10(3-11)14(16,17)18)12-6-20(7-13(21)22)5-9(12)4-19/h1-3,5-6H,7H2,(H,21,22). The van der Waals surface area contributed by atoms with Crippen molar-refractivity contribution in [3.63, 3.8) is 0 Å². The molecule has 0 aliphatic carbocycles. The second kappa shape index (κ2) is 5.52. The van der Waals surface area contributed by atoms with Gasteiger partial charge in [0.25, 0.3) is 0 Å². The van der Waals surface area contributed by atoms with E-state index in [2.05, 4.69) is 0 Å². The number of halogens is 4. The average Bonchev–Trinajstić information content (AvgIpc) is 2.79. The monoisotopic (exact) mass is 312 g/mol. The van der Waals surface area contributed by atoms with Crippen molar-refractivity contribution in [2.45, 2.75) is 12.7 Å². The lowest BCUT2D eigenvalue weighted by Crippen LogP contribution is -2.06. The minimum Gasteiger partial charge on any atom is -0.480 e. The van der Waals surface area contributed by atoms with E-state index in [0.717, 1.165) is 10.6 Å². The Morgan fingerprint density at radius 2 is 1.95 bits per heavy atom. The Balaban J connectivity index is 2.56. The number of hydrogen-bond acceptors (Lipinski definition) is 2. The molecule has 1 N–H and O–H groups in total. The van der Waals surface area contributed by atoms with Gasteiger partial charge in [0.1, 0.15) is 18.4 Å². The molecule has 4 nitrogen and oxygen atoms in total. The van der Waals surface area contributed by atoms with Crippen LogP contribution < -0.4 is 0 Å². The average molecular weight is 312 g/mol. The van der Waals surface area contributed by atoms with Gasteiger partial charge >= 0.3 is 12.1 Å². The van der Waals surface area contributed by atoms with Gasteiger partial charge in [0.05, 0.1) is 11.1 Å². The molecular weight excluding hydrogens is 304 g/mol. The molecule has 0 fully saturated rings. The number of carbonyl (C=O) groups is 1. The number of nitrogens with zero attached hydrogens (tertiary/aromatic N) is 2. The van der Waals surface area contributed by atoms with Crippen LogP contribution in [-0.4, -0.2) is 15.6 Å². The van der Waals surface area contributed by atoms with Gasteiger partial charge in [-0.15, -0.1) is 0 Å². The summed E-state index contributed by atoms with van der Waals surface area (Å²) >= 11 is 0. The lowest BCUT2D eigenvalue weighted by molar-refractivity contribution is -0.138. The zero-order valence-corrected chi connectivity index (χ0v) is 10.9. The zero-order valence-electron chi connectivity index (χ0n) is 10.9. The molecule has 0 bridgehead atoms. The van der Waals surface area contributed by atoms with Crippen molar-refractivity contribution in [2.24, 2.45) is 0 Å². The number of carboxylic acid groups (broad SMARTS) is 1. The molecule has 8 heteroatoms. The normalized spacial score (nSPS) is 11.2. The van der Waals surface area contributed by atoms with Crippen LogP contribution in [-0.2, 0) is 17.5 Å². The largest absolute Gasteiger partial charge is 0.480 e. The fraction of sp³-hybridized carbons (Fsp3) is 0.143. The first kappa shape index (κ1) is 15.6. The van der Waals surface area contributed by atoms with Gasteiger partial charge in [-0.05, 0) is 23.8 Å². The summed E-state index contributed by atoms with van der Waals surface area (Å²) in [6.07, 6.45) is -2.35. The molecule has 0 radical (unpaired) electrons. The van der Waals surface area contributed by atoms with Crippen molar-refractivity contribution in [1.29, 1.82) is 5.26 Å². The van der Waals surface area contributed by atoms with Gasteiger partial charge in [-0.3, -0.25) is 4.79 Å². The Labute approximate surface area is 121 Å². The molecule has 0 saturated heterocycles. The van der Waals surface area contributed by atoms with E-state index in [1.54, 1.807) is 6.07 Å². The van der Waals surface area contributed by atoms with Crippen LogP contribution >= 0.6 is 0 Å². The van der Waals surface area contributed by atoms with Gasteiger partial charge in [0.15, 0.2) is 0 Å². The Morgan fingerprint density at radius 3 is 2.50 bits per heavy atom. The SMILES string of the molecule is N#Cc1cn(CC(=O)O)cc1-c1cc(F)cc(C(F)(F)F)c1. The highest BCUT2D eigenvalue weighted by atomic mass is 19.4. The summed E-state index contributed by atoms with van der Waals surface area (Å²) in [6.45, 7) is -0.462. The van der Waals surface area contributed by atoms with E-state index in [4.69, 9.17) is 10.4 Å². The smallest absolute Gasteiger partial charge is 0.416 e. The molecule has 114 valence electrons. The van der Waals surface area contributed by atoms with Gasteiger partial charge in [-0.25, -0.2) is 4.39 Å². The predicted molar refractivity (Wildman–Crippen MR) is 67.2 cm³/mol. The van der Waals surface area contributed by atoms with Crippen molar-refractivity contribution in [2.75, 3.05) is 0 Å². The minimum atomic E-state index is -4.73. The summed E-state index contributed by atoms with van der Waals surface area (Å²) in [4.78, 5) is 10.6. The lowest BCUT2D eigenvalue weighted by atomic mass is 10.0. The lowest BCUT2D eigenvalue weighted by Gasteiger charge is -2.09. The van der Waals surface area contributed by atoms with Gasteiger partial charge in [0.2, 0.25) is 0 Å². The Hall–Kier alpha value is -2.82. The van der Waals surface area contributed by atoms with E-state index in [1.807, 2.05) is 0 Å². The van der Waals surface area contributed by atoms with E-state index in [9.17, 15) is 22.4 Å². The Morgan fingerprint density at radius 1 is 1.27 bits per heavy atom. The number of aromatic nitrogens is 1. The molecule has 22 heavy (non-hydrogen) atoms. The molecule has 1 heterocycles. The summed E-state index contributed by atoms with van der Waals surface area (Å²) < 4.78 is 52.7. The third-order valence-electron chi connectivity index (χ3n) is 2.85. The third-order valence-corrected chi connectivity index (χ3v) is 2.85. The van der Waals surface area contributed by atoms with Gasteiger partial charge in [0, 0.05) is 18.0 Å². The van der Waals surface area contributed by atoms with Gasteiger partial charge in [-0.2, -0.15) is 18.4 Å². The van der Waals surface area contributed by atoms with Crippen LogP contribution in [0.1, 0.15) is 11.1 Å². The van der Waals surface area contributed by atoms with Crippen molar-refractivity contribution in [1.82, 2.24) is 4.57 Å². The zero-order chi connectivity index (χ0) is 16.5. The molecule has 0 spiro atoms. The van der Waals surface area contributed by atoms with Crippen LogP contribution in [0.25, 0.3) is 11.1 Å². The highest BCUT2D eigenvalue weighted by Crippen LogP contribution is 2.34. The van der Waals surface area contributed by atoms with Crippen molar-refractivity contribution < 1.29 is 27.5 Å². The first-order valence-electron chi connectivity index (χ1n) is 5.90. The van der Waals surface area contributed by atoms with Gasteiger partial charge < -0.3 is 9.67 Å². The maximum absolute atomic E-state index is 13.4. The number of carboxylic acids is 1. The number of nitriles is 1. The topological polar surface area (TPSA) is 66.0 Å². The van der Waals surface area contributed by atoms with E-state index in [0.29, 0.717) is 12.1 Å². The molecule has 0 aliphatic heterocycles. The minimum absolute atomic E-state index is 0.0359. The van der Waals surface area contributed by atoms with Crippen LogP contribution in [0.4, 0.5) is 17.6 Å². The molecule has 1 aromatic carbocycles. The van der Waals surface area contributed by atoms with E-state index < -0.39 is 30.1 Å². The first-order chi connectivity index (χ1) is 10.2. The number of hydrogen-bond donors (Lipinski definition) is 1. The molecule has 1 aromatic heterocycles. The van der Waals surface area contributed by atoms with E-state index in [-0.39, 0.29) is 16.7 Å². The van der Waals surface area contributed by atoms with E-state index in [1.165, 1.54) is 12.4 Å². The molecule has 0 amide bonds. The molecule has 2 aromatic rings. The number of rotatable bonds is 3. The molecule has 0 unspecified atom stereocenters. The predicted octanol–water partition coefficient (Wildman–Crippen LogP) is 3.27. The molecule has 0 aliphatic rings. The Bertz CT molecular complexity index is 772. The van der Waals surface area contributed by atoms with Crippen molar-refractivity contribution in [3.8, 4) is 17.2 Å².